The van der Waals surface area contributed by atoms with Crippen molar-refractivity contribution < 1.29 is 19.2 Å². The zero-order chi connectivity index (χ0) is 27.6. The van der Waals surface area contributed by atoms with Crippen molar-refractivity contribution in [3.63, 3.8) is 0 Å². The van der Waals surface area contributed by atoms with E-state index < -0.39 is 23.9 Å². The van der Waals surface area contributed by atoms with Crippen molar-refractivity contribution in [1.29, 1.82) is 0 Å². The van der Waals surface area contributed by atoms with Gasteiger partial charge < -0.3 is 25.3 Å². The highest BCUT2D eigenvalue weighted by Crippen LogP contribution is 2.31. The van der Waals surface area contributed by atoms with Crippen LogP contribution in [0.2, 0.25) is 5.02 Å². The van der Waals surface area contributed by atoms with Gasteiger partial charge in [-0.3, -0.25) is 19.2 Å². The lowest BCUT2D eigenvalue weighted by Crippen LogP contribution is -2.57. The minimum Gasteiger partial charge on any atom is -0.349 e. The quantitative estimate of drug-likeness (QED) is 0.531. The number of hydrogen-bond donors (Lipinski definition) is 2. The third-order valence-corrected chi connectivity index (χ3v) is 8.32. The van der Waals surface area contributed by atoms with E-state index in [0.29, 0.717) is 29.3 Å². The normalized spacial score (nSPS) is 21.2. The molecule has 3 heterocycles. The van der Waals surface area contributed by atoms with E-state index >= 15 is 0 Å². The summed E-state index contributed by atoms with van der Waals surface area (Å²) >= 11 is 7.21. The predicted octanol–water partition coefficient (Wildman–Crippen LogP) is 1.63. The topological polar surface area (TPSA) is 128 Å². The summed E-state index contributed by atoms with van der Waals surface area (Å²) < 4.78 is 0. The fraction of sp³-hybridized carbons (Fsp3) is 0.520. The lowest BCUT2D eigenvalue weighted by atomic mass is 9.80. The summed E-state index contributed by atoms with van der Waals surface area (Å²) in [6.07, 6.45) is 3.47. The van der Waals surface area contributed by atoms with Gasteiger partial charge in [-0.25, -0.2) is 9.97 Å². The standard InChI is InChI=1S/C25H32ClN7O4S/c1-31(2)24(36)14-5-7-16(28-21(34)22(35)30-20-8-6-15(26)12-27-20)18(11-14)33(4)25(37)23-29-17-9-10-32(3)13-19(17)38-23/h6,8,12,14,16,18H,5,7,9-11,13H2,1-4H3,(H,28,34)(H,27,30,35)/t14-,16-,18+/m0/s1. The van der Waals surface area contributed by atoms with Gasteiger partial charge in [0.2, 0.25) is 5.91 Å². The highest BCUT2D eigenvalue weighted by Gasteiger charge is 2.40. The molecule has 1 saturated carbocycles. The van der Waals surface area contributed by atoms with E-state index in [4.69, 9.17) is 11.6 Å². The molecule has 1 aliphatic heterocycles. The molecule has 1 aliphatic carbocycles. The Bertz CT molecular complexity index is 1220. The summed E-state index contributed by atoms with van der Waals surface area (Å²) in [6.45, 7) is 1.64. The Kier molecular flexibility index (Phi) is 8.64. The summed E-state index contributed by atoms with van der Waals surface area (Å²) in [5.41, 5.74) is 0.950. The SMILES string of the molecule is CN1CCc2nc(C(=O)N(C)[C@@H]3C[C@@H](C(=O)N(C)C)CC[C@@H]3NC(=O)C(=O)Nc3ccc(Cl)cn3)sc2C1. The van der Waals surface area contributed by atoms with Crippen LogP contribution in [0.15, 0.2) is 18.3 Å². The molecule has 204 valence electrons. The van der Waals surface area contributed by atoms with Crippen LogP contribution in [0.3, 0.4) is 0 Å². The Morgan fingerprint density at radius 3 is 2.58 bits per heavy atom. The summed E-state index contributed by atoms with van der Waals surface area (Å²) in [6, 6.07) is 2.02. The fourth-order valence-corrected chi connectivity index (χ4v) is 6.19. The number of rotatable bonds is 5. The van der Waals surface area contributed by atoms with Crippen LogP contribution in [0.1, 0.15) is 39.6 Å². The number of nitrogens with zero attached hydrogens (tertiary/aromatic N) is 5. The first-order chi connectivity index (χ1) is 18.0. The maximum absolute atomic E-state index is 13.5. The number of aromatic nitrogens is 2. The summed E-state index contributed by atoms with van der Waals surface area (Å²) in [4.78, 5) is 66.6. The number of nitrogens with one attached hydrogen (secondary N) is 2. The molecular weight excluding hydrogens is 530 g/mol. The molecule has 2 aromatic rings. The molecule has 2 aromatic heterocycles. The number of hydrogen-bond acceptors (Lipinski definition) is 8. The highest BCUT2D eigenvalue weighted by atomic mass is 35.5. The van der Waals surface area contributed by atoms with E-state index in [1.807, 2.05) is 7.05 Å². The van der Waals surface area contributed by atoms with Crippen molar-refractivity contribution in [3.8, 4) is 0 Å². The molecule has 0 bridgehead atoms. The Morgan fingerprint density at radius 1 is 1.13 bits per heavy atom. The van der Waals surface area contributed by atoms with Gasteiger partial charge in [0.25, 0.3) is 5.91 Å². The van der Waals surface area contributed by atoms with Crippen molar-refractivity contribution in [3.05, 3.63) is 38.9 Å². The summed E-state index contributed by atoms with van der Waals surface area (Å²) in [5.74, 6) is -2.12. The van der Waals surface area contributed by atoms with E-state index in [1.54, 1.807) is 37.0 Å². The average molecular weight is 562 g/mol. The van der Waals surface area contributed by atoms with Gasteiger partial charge in [0.05, 0.1) is 16.8 Å². The molecule has 0 spiro atoms. The van der Waals surface area contributed by atoms with Crippen molar-refractivity contribution in [2.24, 2.45) is 5.92 Å². The molecule has 0 unspecified atom stereocenters. The maximum Gasteiger partial charge on any atom is 0.314 e. The Morgan fingerprint density at radius 2 is 1.89 bits per heavy atom. The van der Waals surface area contributed by atoms with Gasteiger partial charge in [-0.2, -0.15) is 0 Å². The van der Waals surface area contributed by atoms with Crippen LogP contribution in [0.25, 0.3) is 0 Å². The van der Waals surface area contributed by atoms with Crippen LogP contribution in [0.5, 0.6) is 0 Å². The number of anilines is 1. The number of thiazole rings is 1. The summed E-state index contributed by atoms with van der Waals surface area (Å²) in [7, 11) is 7.10. The van der Waals surface area contributed by atoms with Crippen LogP contribution >= 0.6 is 22.9 Å². The number of pyridine rings is 1. The number of amides is 4. The first-order valence-corrected chi connectivity index (χ1v) is 13.6. The lowest BCUT2D eigenvalue weighted by molar-refractivity contribution is -0.138. The minimum absolute atomic E-state index is 0.0278. The summed E-state index contributed by atoms with van der Waals surface area (Å²) in [5, 5.41) is 6.03. The molecular formula is C25H32ClN7O4S. The number of likely N-dealkylation sites (N-methyl/N-ethyl adjacent to an activating group) is 2. The molecule has 13 heteroatoms. The molecule has 38 heavy (non-hydrogen) atoms. The van der Waals surface area contributed by atoms with Gasteiger partial charge in [-0.15, -0.1) is 11.3 Å². The Labute approximate surface area is 230 Å². The smallest absolute Gasteiger partial charge is 0.314 e. The minimum atomic E-state index is -0.879. The van der Waals surface area contributed by atoms with E-state index in [0.717, 1.165) is 30.1 Å². The van der Waals surface area contributed by atoms with Crippen molar-refractivity contribution >= 4 is 52.4 Å². The van der Waals surface area contributed by atoms with Gasteiger partial charge in [-0.05, 0) is 38.4 Å². The van der Waals surface area contributed by atoms with Crippen molar-refractivity contribution in [2.45, 2.75) is 44.3 Å². The third-order valence-electron chi connectivity index (χ3n) is 7.02. The molecule has 11 nitrogen and oxygen atoms in total. The van der Waals surface area contributed by atoms with Gasteiger partial charge in [0, 0.05) is 63.7 Å². The van der Waals surface area contributed by atoms with Crippen LogP contribution in [0, 0.1) is 5.92 Å². The first-order valence-electron chi connectivity index (χ1n) is 12.4. The van der Waals surface area contributed by atoms with E-state index in [9.17, 15) is 19.2 Å². The monoisotopic (exact) mass is 561 g/mol. The van der Waals surface area contributed by atoms with Crippen LogP contribution in [-0.4, -0.2) is 95.1 Å². The van der Waals surface area contributed by atoms with Crippen molar-refractivity contribution in [2.75, 3.05) is 40.1 Å². The number of carbonyl (C=O) groups excluding carboxylic acids is 4. The lowest BCUT2D eigenvalue weighted by Gasteiger charge is -2.41. The number of halogens is 1. The molecule has 2 N–H and O–H groups in total. The molecule has 4 rings (SSSR count). The van der Waals surface area contributed by atoms with Crippen LogP contribution in [-0.2, 0) is 27.3 Å². The second-order valence-electron chi connectivity index (χ2n) is 10.00. The zero-order valence-corrected chi connectivity index (χ0v) is 23.4. The maximum atomic E-state index is 13.5. The Balaban J connectivity index is 1.50. The second-order valence-corrected chi connectivity index (χ2v) is 11.5. The van der Waals surface area contributed by atoms with E-state index in [1.165, 1.54) is 23.6 Å². The molecule has 0 aromatic carbocycles. The van der Waals surface area contributed by atoms with Gasteiger partial charge in [-0.1, -0.05) is 11.6 Å². The van der Waals surface area contributed by atoms with E-state index in [2.05, 4.69) is 25.5 Å². The van der Waals surface area contributed by atoms with Crippen LogP contribution in [0.4, 0.5) is 5.82 Å². The number of fused-ring (bicyclic) bond motifs is 1. The molecule has 1 fully saturated rings. The molecule has 3 atom stereocenters. The van der Waals surface area contributed by atoms with Gasteiger partial charge in [0.1, 0.15) is 5.82 Å². The Hall–Kier alpha value is -3.09. The molecule has 0 saturated heterocycles. The predicted molar refractivity (Wildman–Crippen MR) is 144 cm³/mol. The van der Waals surface area contributed by atoms with Gasteiger partial charge >= 0.3 is 11.8 Å². The highest BCUT2D eigenvalue weighted by molar-refractivity contribution is 7.13. The average Bonchev–Trinajstić information content (AvgIpc) is 3.32. The molecule has 0 radical (unpaired) electrons. The largest absolute Gasteiger partial charge is 0.349 e. The fourth-order valence-electron chi connectivity index (χ4n) is 4.91. The molecule has 4 amide bonds. The van der Waals surface area contributed by atoms with E-state index in [-0.39, 0.29) is 23.6 Å². The van der Waals surface area contributed by atoms with Crippen molar-refractivity contribution in [1.82, 2.24) is 30.0 Å². The molecule has 2 aliphatic rings. The van der Waals surface area contributed by atoms with Gasteiger partial charge in [0.15, 0.2) is 5.01 Å². The second kappa shape index (κ2) is 11.7. The zero-order valence-electron chi connectivity index (χ0n) is 21.9. The third kappa shape index (κ3) is 6.30. The van der Waals surface area contributed by atoms with Crippen LogP contribution < -0.4 is 10.6 Å². The first kappa shape index (κ1) is 27.9. The number of carbonyl (C=O) groups is 4.